The Balaban J connectivity index is 1.86. The third-order valence-electron chi connectivity index (χ3n) is 4.85. The lowest BCUT2D eigenvalue weighted by atomic mass is 10.2. The number of rotatable bonds is 7. The fraction of sp³-hybridized carbons (Fsp3) is 0.667. The monoisotopic (exact) mass is 412 g/mol. The number of hydrogen-bond donors (Lipinski definition) is 1. The Kier molecular flexibility index (Phi) is 6.35. The highest BCUT2D eigenvalue weighted by Gasteiger charge is 2.19. The predicted octanol–water partition coefficient (Wildman–Crippen LogP) is 2.38. The van der Waals surface area contributed by atoms with Crippen molar-refractivity contribution in [3.8, 4) is 0 Å². The molecule has 0 aliphatic carbocycles. The third-order valence-corrected chi connectivity index (χ3v) is 6.93. The summed E-state index contributed by atoms with van der Waals surface area (Å²) in [7, 11) is -2.97. The minimum Gasteiger partial charge on any atom is -0.379 e. The van der Waals surface area contributed by atoms with E-state index in [0.29, 0.717) is 13.0 Å². The zero-order chi connectivity index (χ0) is 19.6. The van der Waals surface area contributed by atoms with Gasteiger partial charge in [0.2, 0.25) is 0 Å². The fourth-order valence-corrected chi connectivity index (χ4v) is 4.95. The van der Waals surface area contributed by atoms with Gasteiger partial charge < -0.3 is 10.1 Å². The Morgan fingerprint density at radius 1 is 1.26 bits per heavy atom. The quantitative estimate of drug-likeness (QED) is 0.747. The van der Waals surface area contributed by atoms with Crippen LogP contribution < -0.4 is 5.32 Å². The van der Waals surface area contributed by atoms with Crippen LogP contribution in [0.4, 0.5) is 5.82 Å². The molecule has 0 bridgehead atoms. The lowest BCUT2D eigenvalue weighted by Gasteiger charge is -2.26. The molecule has 1 aliphatic heterocycles. The second kappa shape index (κ2) is 8.38. The summed E-state index contributed by atoms with van der Waals surface area (Å²) in [5, 5.41) is 4.49. The van der Waals surface area contributed by atoms with E-state index in [9.17, 15) is 8.42 Å². The van der Waals surface area contributed by atoms with Gasteiger partial charge in [0.25, 0.3) is 0 Å². The Bertz CT molecular complexity index is 905. The molecule has 1 N–H and O–H groups in total. The van der Waals surface area contributed by atoms with Gasteiger partial charge in [-0.05, 0) is 32.8 Å². The number of aryl methyl sites for hydroxylation is 2. The first-order valence-corrected chi connectivity index (χ1v) is 12.1. The van der Waals surface area contributed by atoms with E-state index < -0.39 is 9.84 Å². The minimum absolute atomic E-state index is 0.00803. The van der Waals surface area contributed by atoms with Crippen LogP contribution in [0.5, 0.6) is 0 Å². The summed E-state index contributed by atoms with van der Waals surface area (Å²) in [6.45, 7) is 10.1. The van der Waals surface area contributed by atoms with Crippen LogP contribution in [0.15, 0.2) is 0 Å². The largest absolute Gasteiger partial charge is 0.379 e. The lowest BCUT2D eigenvalue weighted by molar-refractivity contribution is 0.0331. The van der Waals surface area contributed by atoms with Gasteiger partial charge in [-0.2, -0.15) is 0 Å². The molecule has 0 radical (unpaired) electrons. The first-order valence-electron chi connectivity index (χ1n) is 9.24. The average molecular weight is 413 g/mol. The fourth-order valence-electron chi connectivity index (χ4n) is 3.12. The first kappa shape index (κ1) is 20.4. The van der Waals surface area contributed by atoms with Gasteiger partial charge in [0, 0.05) is 30.3 Å². The predicted molar refractivity (Wildman–Crippen MR) is 110 cm³/mol. The van der Waals surface area contributed by atoms with E-state index in [4.69, 9.17) is 14.7 Å². The van der Waals surface area contributed by atoms with Gasteiger partial charge in [0.15, 0.2) is 0 Å². The molecule has 0 amide bonds. The van der Waals surface area contributed by atoms with Crippen LogP contribution in [0.3, 0.4) is 0 Å². The summed E-state index contributed by atoms with van der Waals surface area (Å²) in [5.41, 5.74) is 1.19. The molecule has 1 fully saturated rings. The molecule has 0 saturated carbocycles. The molecular weight excluding hydrogens is 384 g/mol. The number of fused-ring (bicyclic) bond motifs is 1. The molecule has 1 unspecified atom stereocenters. The van der Waals surface area contributed by atoms with E-state index in [1.807, 2.05) is 6.92 Å². The molecule has 1 aliphatic rings. The van der Waals surface area contributed by atoms with Gasteiger partial charge in [0.1, 0.15) is 26.3 Å². The molecule has 27 heavy (non-hydrogen) atoms. The SMILES string of the molecule is Cc1sc2nc(CN3CCOCC3)nc(NC(C)CCS(C)(=O)=O)c2c1C. The maximum Gasteiger partial charge on any atom is 0.147 e. The van der Waals surface area contributed by atoms with E-state index >= 15 is 0 Å². The van der Waals surface area contributed by atoms with Crippen LogP contribution in [-0.4, -0.2) is 67.6 Å². The summed E-state index contributed by atoms with van der Waals surface area (Å²) in [6, 6.07) is 0.00803. The number of anilines is 1. The number of sulfone groups is 1. The number of aromatic nitrogens is 2. The van der Waals surface area contributed by atoms with Crippen molar-refractivity contribution >= 4 is 37.2 Å². The van der Waals surface area contributed by atoms with E-state index in [1.165, 1.54) is 16.7 Å². The van der Waals surface area contributed by atoms with Crippen LogP contribution in [0, 0.1) is 13.8 Å². The Labute approximate surface area is 165 Å². The number of morpholine rings is 1. The molecule has 0 aromatic carbocycles. The highest BCUT2D eigenvalue weighted by Crippen LogP contribution is 2.33. The number of ether oxygens (including phenoxy) is 1. The van der Waals surface area contributed by atoms with Gasteiger partial charge >= 0.3 is 0 Å². The number of thiophene rings is 1. The van der Waals surface area contributed by atoms with Crippen LogP contribution >= 0.6 is 11.3 Å². The summed E-state index contributed by atoms with van der Waals surface area (Å²) < 4.78 is 28.3. The van der Waals surface area contributed by atoms with Crippen molar-refractivity contribution < 1.29 is 13.2 Å². The zero-order valence-corrected chi connectivity index (χ0v) is 18.0. The first-order chi connectivity index (χ1) is 12.7. The maximum absolute atomic E-state index is 11.5. The van der Waals surface area contributed by atoms with Gasteiger partial charge in [-0.15, -0.1) is 11.3 Å². The number of nitrogens with zero attached hydrogens (tertiary/aromatic N) is 3. The zero-order valence-electron chi connectivity index (χ0n) is 16.4. The standard InChI is InChI=1S/C18H28N4O3S2/c1-12(5-10-27(4,23)24)19-17-16-13(2)14(3)26-18(16)21-15(20-17)11-22-6-8-25-9-7-22/h12H,5-11H2,1-4H3,(H,19,20,21). The van der Waals surface area contributed by atoms with Crippen molar-refractivity contribution in [2.45, 2.75) is 39.8 Å². The summed E-state index contributed by atoms with van der Waals surface area (Å²) in [6.07, 6.45) is 1.82. The van der Waals surface area contributed by atoms with Crippen molar-refractivity contribution in [1.82, 2.24) is 14.9 Å². The molecule has 0 spiro atoms. The Morgan fingerprint density at radius 2 is 1.96 bits per heavy atom. The van der Waals surface area contributed by atoms with Crippen LogP contribution in [0.1, 0.15) is 29.6 Å². The molecule has 3 heterocycles. The molecule has 1 saturated heterocycles. The average Bonchev–Trinajstić information content (AvgIpc) is 2.88. The molecule has 2 aromatic heterocycles. The van der Waals surface area contributed by atoms with Gasteiger partial charge in [-0.1, -0.05) is 0 Å². The molecule has 9 heteroatoms. The van der Waals surface area contributed by atoms with E-state index in [-0.39, 0.29) is 11.8 Å². The van der Waals surface area contributed by atoms with Gasteiger partial charge in [-0.3, -0.25) is 4.90 Å². The Morgan fingerprint density at radius 3 is 2.63 bits per heavy atom. The second-order valence-corrected chi connectivity index (χ2v) is 10.8. The third kappa shape index (κ3) is 5.37. The van der Waals surface area contributed by atoms with E-state index in [1.54, 1.807) is 11.3 Å². The maximum atomic E-state index is 11.5. The molecule has 150 valence electrons. The second-order valence-electron chi connectivity index (χ2n) is 7.30. The summed E-state index contributed by atoms with van der Waals surface area (Å²) >= 11 is 1.68. The van der Waals surface area contributed by atoms with E-state index in [0.717, 1.165) is 48.2 Å². The molecule has 2 aromatic rings. The smallest absolute Gasteiger partial charge is 0.147 e. The highest BCUT2D eigenvalue weighted by molar-refractivity contribution is 7.90. The van der Waals surface area contributed by atoms with Gasteiger partial charge in [0.05, 0.1) is 30.9 Å². The lowest BCUT2D eigenvalue weighted by Crippen LogP contribution is -2.36. The minimum atomic E-state index is -2.97. The van der Waals surface area contributed by atoms with Crippen molar-refractivity contribution in [1.29, 1.82) is 0 Å². The normalized spacial score (nSPS) is 17.3. The highest BCUT2D eigenvalue weighted by atomic mass is 32.2. The van der Waals surface area contributed by atoms with Crippen LogP contribution in [-0.2, 0) is 21.1 Å². The molecular formula is C18H28N4O3S2. The van der Waals surface area contributed by atoms with Crippen molar-refractivity contribution in [2.24, 2.45) is 0 Å². The van der Waals surface area contributed by atoms with Crippen LogP contribution in [0.2, 0.25) is 0 Å². The Hall–Kier alpha value is -1.29. The van der Waals surface area contributed by atoms with Crippen molar-refractivity contribution in [3.63, 3.8) is 0 Å². The van der Waals surface area contributed by atoms with E-state index in [2.05, 4.69) is 24.1 Å². The topological polar surface area (TPSA) is 84.4 Å². The molecule has 7 nitrogen and oxygen atoms in total. The molecule has 1 atom stereocenters. The van der Waals surface area contributed by atoms with Crippen LogP contribution in [0.25, 0.3) is 10.2 Å². The summed E-state index contributed by atoms with van der Waals surface area (Å²) in [4.78, 5) is 14.1. The van der Waals surface area contributed by atoms with Crippen molar-refractivity contribution in [2.75, 3.05) is 43.6 Å². The summed E-state index contributed by atoms with van der Waals surface area (Å²) in [5.74, 6) is 1.77. The number of nitrogens with one attached hydrogen (secondary N) is 1. The number of hydrogen-bond acceptors (Lipinski definition) is 8. The van der Waals surface area contributed by atoms with Gasteiger partial charge in [-0.25, -0.2) is 18.4 Å². The molecule has 3 rings (SSSR count). The van der Waals surface area contributed by atoms with Crippen molar-refractivity contribution in [3.05, 3.63) is 16.3 Å².